The zero-order valence-corrected chi connectivity index (χ0v) is 54.9. The molecular formula is C78H136O5. The Kier molecular flexibility index (Phi) is 69.8. The highest BCUT2D eigenvalue weighted by molar-refractivity contribution is 5.70. The number of unbranched alkanes of at least 4 members (excludes halogenated alkanes) is 40. The molecule has 0 radical (unpaired) electrons. The number of hydrogen-bond donors (Lipinski definition) is 1. The molecule has 0 aliphatic rings. The first-order chi connectivity index (χ1) is 41.1. The lowest BCUT2D eigenvalue weighted by Crippen LogP contribution is -2.28. The SMILES string of the molecule is CC/C=C\C/C=C\C/C=C\C/C=C\C/C=C\C/C=C\C/C=C\C/C=C\C/C=C\CCCCCCCCCCCCCC(=O)OC(CO)COC(=O)CCCCCCCCCCCCCCCCCCCCCCCCCCCCCCCC. The number of esters is 2. The standard InChI is InChI=1S/C78H136O5/c1-3-5-7-9-11-13-15-17-19-21-23-25-27-29-31-33-35-36-37-38-39-40-41-42-43-45-47-49-51-53-55-57-59-61-63-65-67-69-71-73-78(81)83-76(74-79)75-82-77(80)72-70-68-66-64-62-60-58-56-54-52-50-48-46-44-34-32-30-28-26-24-22-20-18-16-14-12-10-8-6-4-2/h5,7,11,13,17,19,23,25,29,31,35-36,38-39,41-42,45,47,76,79H,3-4,6,8-10,12,14-16,18,20-22,24,26-28,30,32-34,37,40,43-44,46,48-75H2,1-2H3/b7-5-,13-11-,19-17-,25-23-,31-29-,36-35-,39-38-,42-41-,47-45-. The van der Waals surface area contributed by atoms with Crippen molar-refractivity contribution in [1.29, 1.82) is 0 Å². The van der Waals surface area contributed by atoms with Gasteiger partial charge >= 0.3 is 11.9 Å². The van der Waals surface area contributed by atoms with Crippen LogP contribution in [0.5, 0.6) is 0 Å². The lowest BCUT2D eigenvalue weighted by molar-refractivity contribution is -0.161. The van der Waals surface area contributed by atoms with Crippen LogP contribution < -0.4 is 0 Å². The van der Waals surface area contributed by atoms with Crippen LogP contribution in [0, 0.1) is 0 Å². The number of allylic oxidation sites excluding steroid dienone is 18. The molecule has 5 heteroatoms. The average Bonchev–Trinajstić information content (AvgIpc) is 3.49. The predicted molar refractivity (Wildman–Crippen MR) is 366 cm³/mol. The van der Waals surface area contributed by atoms with Crippen molar-refractivity contribution in [1.82, 2.24) is 0 Å². The molecule has 0 aromatic heterocycles. The molecule has 0 aromatic carbocycles. The summed E-state index contributed by atoms with van der Waals surface area (Å²) in [5, 5.41) is 9.71. The highest BCUT2D eigenvalue weighted by Gasteiger charge is 2.16. The van der Waals surface area contributed by atoms with E-state index in [-0.39, 0.29) is 25.2 Å². The first kappa shape index (κ1) is 79.6. The summed E-state index contributed by atoms with van der Waals surface area (Å²) in [4.78, 5) is 24.7. The second-order valence-corrected chi connectivity index (χ2v) is 23.9. The van der Waals surface area contributed by atoms with Crippen LogP contribution in [0.15, 0.2) is 109 Å². The fourth-order valence-electron chi connectivity index (χ4n) is 10.5. The number of hydrogen-bond acceptors (Lipinski definition) is 5. The van der Waals surface area contributed by atoms with E-state index in [1.165, 1.54) is 231 Å². The van der Waals surface area contributed by atoms with Crippen LogP contribution >= 0.6 is 0 Å². The summed E-state index contributed by atoms with van der Waals surface area (Å²) < 4.78 is 10.8. The molecule has 0 aliphatic carbocycles. The number of ether oxygens (including phenoxy) is 2. The highest BCUT2D eigenvalue weighted by atomic mass is 16.6. The zero-order chi connectivity index (χ0) is 59.8. The normalized spacial score (nSPS) is 12.9. The van der Waals surface area contributed by atoms with Crippen molar-refractivity contribution in [3.63, 3.8) is 0 Å². The fraction of sp³-hybridized carbons (Fsp3) is 0.744. The van der Waals surface area contributed by atoms with Gasteiger partial charge in [-0.1, -0.05) is 367 Å². The molecule has 0 spiro atoms. The smallest absolute Gasteiger partial charge is 0.306 e. The Bertz CT molecular complexity index is 1590. The fourth-order valence-corrected chi connectivity index (χ4v) is 10.5. The predicted octanol–water partition coefficient (Wildman–Crippen LogP) is 25.2. The average molecular weight is 1150 g/mol. The summed E-state index contributed by atoms with van der Waals surface area (Å²) in [5.41, 5.74) is 0. The summed E-state index contributed by atoms with van der Waals surface area (Å²) in [6, 6.07) is 0. The van der Waals surface area contributed by atoms with E-state index in [9.17, 15) is 14.7 Å². The van der Waals surface area contributed by atoms with Crippen molar-refractivity contribution in [2.24, 2.45) is 0 Å². The maximum atomic E-state index is 12.4. The largest absolute Gasteiger partial charge is 0.462 e. The Morgan fingerprint density at radius 2 is 0.518 bits per heavy atom. The molecule has 478 valence electrons. The van der Waals surface area contributed by atoms with E-state index in [1.54, 1.807) is 0 Å². The molecule has 0 bridgehead atoms. The third kappa shape index (κ3) is 71.0. The summed E-state index contributed by atoms with van der Waals surface area (Å²) >= 11 is 0. The first-order valence-corrected chi connectivity index (χ1v) is 35.9. The molecule has 0 amide bonds. The van der Waals surface area contributed by atoms with Gasteiger partial charge in [-0.2, -0.15) is 0 Å². The van der Waals surface area contributed by atoms with Gasteiger partial charge in [-0.3, -0.25) is 9.59 Å². The molecular weight excluding hydrogens is 1020 g/mol. The quantitative estimate of drug-likeness (QED) is 0.0373. The molecule has 83 heavy (non-hydrogen) atoms. The van der Waals surface area contributed by atoms with Crippen LogP contribution in [0.25, 0.3) is 0 Å². The van der Waals surface area contributed by atoms with E-state index in [4.69, 9.17) is 9.47 Å². The first-order valence-electron chi connectivity index (χ1n) is 35.9. The number of rotatable bonds is 66. The van der Waals surface area contributed by atoms with Crippen LogP contribution in [-0.4, -0.2) is 36.4 Å². The number of aliphatic hydroxyl groups is 1. The highest BCUT2D eigenvalue weighted by Crippen LogP contribution is 2.18. The monoisotopic (exact) mass is 1150 g/mol. The Balaban J connectivity index is 3.49. The minimum absolute atomic E-state index is 0.0671. The summed E-state index contributed by atoms with van der Waals surface area (Å²) in [5.74, 6) is -0.582. The summed E-state index contributed by atoms with van der Waals surface area (Å²) in [6.07, 6.45) is 106. The topological polar surface area (TPSA) is 72.8 Å². The van der Waals surface area contributed by atoms with E-state index in [1.807, 2.05) is 0 Å². The minimum atomic E-state index is -0.779. The maximum absolute atomic E-state index is 12.4. The number of carbonyl (C=O) groups is 2. The van der Waals surface area contributed by atoms with Gasteiger partial charge < -0.3 is 14.6 Å². The van der Waals surface area contributed by atoms with Crippen molar-refractivity contribution in [2.75, 3.05) is 13.2 Å². The second kappa shape index (κ2) is 72.8. The number of carbonyl (C=O) groups excluding carboxylic acids is 2. The van der Waals surface area contributed by atoms with Crippen LogP contribution in [-0.2, 0) is 19.1 Å². The van der Waals surface area contributed by atoms with E-state index in [0.717, 1.165) is 96.3 Å². The molecule has 0 aromatic rings. The van der Waals surface area contributed by atoms with Gasteiger partial charge in [0.05, 0.1) is 6.61 Å². The molecule has 0 fully saturated rings. The summed E-state index contributed by atoms with van der Waals surface area (Å²) in [6.45, 7) is 4.07. The maximum Gasteiger partial charge on any atom is 0.306 e. The van der Waals surface area contributed by atoms with Crippen molar-refractivity contribution in [2.45, 2.75) is 360 Å². The van der Waals surface area contributed by atoms with Crippen LogP contribution in [0.1, 0.15) is 354 Å². The molecule has 0 rings (SSSR count). The molecule has 0 saturated heterocycles. The molecule has 0 saturated carbocycles. The Labute approximate surface area is 516 Å². The van der Waals surface area contributed by atoms with Gasteiger partial charge in [0.25, 0.3) is 0 Å². The molecule has 1 atom stereocenters. The van der Waals surface area contributed by atoms with Gasteiger partial charge in [0.1, 0.15) is 6.61 Å². The van der Waals surface area contributed by atoms with Crippen molar-refractivity contribution < 1.29 is 24.2 Å². The van der Waals surface area contributed by atoms with Gasteiger partial charge in [-0.25, -0.2) is 0 Å². The van der Waals surface area contributed by atoms with Crippen LogP contribution in [0.2, 0.25) is 0 Å². The Morgan fingerprint density at radius 1 is 0.289 bits per heavy atom. The van der Waals surface area contributed by atoms with Crippen molar-refractivity contribution in [3.8, 4) is 0 Å². The lowest BCUT2D eigenvalue weighted by Gasteiger charge is -2.15. The third-order valence-corrected chi connectivity index (χ3v) is 15.8. The molecule has 1 N–H and O–H groups in total. The van der Waals surface area contributed by atoms with Crippen molar-refractivity contribution in [3.05, 3.63) is 109 Å². The summed E-state index contributed by atoms with van der Waals surface area (Å²) in [7, 11) is 0. The molecule has 0 heterocycles. The van der Waals surface area contributed by atoms with E-state index in [0.29, 0.717) is 12.8 Å². The Hall–Kier alpha value is -3.44. The number of aliphatic hydroxyl groups excluding tert-OH is 1. The van der Waals surface area contributed by atoms with E-state index >= 15 is 0 Å². The third-order valence-electron chi connectivity index (χ3n) is 15.8. The van der Waals surface area contributed by atoms with Crippen molar-refractivity contribution >= 4 is 11.9 Å². The van der Waals surface area contributed by atoms with Gasteiger partial charge in [0.2, 0.25) is 0 Å². The van der Waals surface area contributed by atoms with Gasteiger partial charge in [0.15, 0.2) is 6.10 Å². The van der Waals surface area contributed by atoms with Gasteiger partial charge in [-0.05, 0) is 83.5 Å². The van der Waals surface area contributed by atoms with Crippen LogP contribution in [0.3, 0.4) is 0 Å². The molecule has 1 unspecified atom stereocenters. The minimum Gasteiger partial charge on any atom is -0.462 e. The lowest BCUT2D eigenvalue weighted by atomic mass is 10.0. The van der Waals surface area contributed by atoms with E-state index < -0.39 is 6.10 Å². The second-order valence-electron chi connectivity index (χ2n) is 23.9. The zero-order valence-electron chi connectivity index (χ0n) is 54.9. The van der Waals surface area contributed by atoms with Gasteiger partial charge in [-0.15, -0.1) is 0 Å². The van der Waals surface area contributed by atoms with E-state index in [2.05, 4.69) is 123 Å². The molecule has 0 aliphatic heterocycles. The molecule has 5 nitrogen and oxygen atoms in total. The van der Waals surface area contributed by atoms with Crippen LogP contribution in [0.4, 0.5) is 0 Å². The van der Waals surface area contributed by atoms with Gasteiger partial charge in [0, 0.05) is 12.8 Å². The Morgan fingerprint density at radius 3 is 0.783 bits per heavy atom.